The second kappa shape index (κ2) is 4.03. The van der Waals surface area contributed by atoms with Crippen LogP contribution in [0.5, 0.6) is 5.75 Å². The average molecular weight is 213 g/mol. The third-order valence-electron chi connectivity index (χ3n) is 1.64. The fraction of sp³-hybridized carbons (Fsp3) is 0.273. The van der Waals surface area contributed by atoms with Gasteiger partial charge in [0.2, 0.25) is 0 Å². The van der Waals surface area contributed by atoms with Gasteiger partial charge < -0.3 is 10.2 Å². The third-order valence-corrected chi connectivity index (χ3v) is 1.95. The van der Waals surface area contributed by atoms with Crippen LogP contribution in [0.4, 0.5) is 0 Å². The molecule has 76 valence electrons. The van der Waals surface area contributed by atoms with Crippen molar-refractivity contribution in [1.82, 2.24) is 0 Å². The van der Waals surface area contributed by atoms with Crippen molar-refractivity contribution in [2.45, 2.75) is 19.4 Å². The van der Waals surface area contributed by atoms with Gasteiger partial charge in [-0.2, -0.15) is 0 Å². The number of phenolic OH excluding ortho intramolecular Hbond substituents is 1. The van der Waals surface area contributed by atoms with Gasteiger partial charge in [0, 0.05) is 5.56 Å². The van der Waals surface area contributed by atoms with Crippen molar-refractivity contribution < 1.29 is 10.2 Å². The number of phenols is 1. The lowest BCUT2D eigenvalue weighted by atomic mass is 10.1. The van der Waals surface area contributed by atoms with Crippen molar-refractivity contribution in [2.75, 3.05) is 0 Å². The highest BCUT2D eigenvalue weighted by molar-refractivity contribution is 6.49. The summed E-state index contributed by atoms with van der Waals surface area (Å²) in [5.41, 5.74) is -0.462. The first kappa shape index (κ1) is 11.1. The van der Waals surface area contributed by atoms with Gasteiger partial charge in [0.05, 0.1) is 10.6 Å². The molecule has 0 aliphatic rings. The molecule has 14 heavy (non-hydrogen) atoms. The Morgan fingerprint density at radius 1 is 1.36 bits per heavy atom. The van der Waals surface area contributed by atoms with Crippen molar-refractivity contribution in [1.29, 1.82) is 0 Å². The number of rotatable bonds is 2. The largest absolute Gasteiger partial charge is 0.507 e. The minimum absolute atomic E-state index is 0.109. The summed E-state index contributed by atoms with van der Waals surface area (Å²) < 4.78 is 0. The summed E-state index contributed by atoms with van der Waals surface area (Å²) in [4.78, 5) is 0. The maximum Gasteiger partial charge on any atom is 0.124 e. The average Bonchev–Trinajstić information content (AvgIpc) is 2.01. The Labute approximate surface area is 88.5 Å². The topological polar surface area (TPSA) is 40.5 Å². The number of hydrogen-bond acceptors (Lipinski definition) is 2. The van der Waals surface area contributed by atoms with Crippen molar-refractivity contribution in [2.24, 2.45) is 0 Å². The van der Waals surface area contributed by atoms with E-state index in [9.17, 15) is 10.2 Å². The van der Waals surface area contributed by atoms with E-state index < -0.39 is 5.60 Å². The first-order valence-corrected chi connectivity index (χ1v) is 4.67. The third kappa shape index (κ3) is 3.05. The second-order valence-electron chi connectivity index (χ2n) is 3.66. The molecule has 0 saturated carbocycles. The Hall–Kier alpha value is -0.990. The van der Waals surface area contributed by atoms with Crippen LogP contribution in [0.3, 0.4) is 0 Å². The molecule has 0 fully saturated rings. The number of aliphatic hydroxyl groups is 1. The van der Waals surface area contributed by atoms with Crippen molar-refractivity contribution >= 4 is 16.6 Å². The second-order valence-corrected chi connectivity index (χ2v) is 4.07. The molecule has 0 bridgehead atoms. The van der Waals surface area contributed by atoms with E-state index in [1.54, 1.807) is 38.1 Å². The van der Waals surface area contributed by atoms with E-state index in [4.69, 9.17) is 11.6 Å². The van der Waals surface area contributed by atoms with Crippen LogP contribution in [0, 0.1) is 0 Å². The summed E-state index contributed by atoms with van der Waals surface area (Å²) in [5.74, 6) is 0.109. The van der Waals surface area contributed by atoms with Crippen molar-refractivity contribution in [3.8, 4) is 5.75 Å². The monoisotopic (exact) mass is 212 g/mol. The lowest BCUT2D eigenvalue weighted by Gasteiger charge is -2.12. The number of halogens is 1. The minimum atomic E-state index is -0.987. The fourth-order valence-electron chi connectivity index (χ4n) is 1.06. The van der Waals surface area contributed by atoms with Crippen LogP contribution in [0.15, 0.2) is 30.3 Å². The standard InChI is InChI=1S/C11H13ClO2/c1-11(2,14)7-9(12)8-5-3-4-6-10(8)13/h3-7,13-14H,1-2H3/b9-7+. The summed E-state index contributed by atoms with van der Waals surface area (Å²) in [6, 6.07) is 6.73. The van der Waals surface area contributed by atoms with Crippen LogP contribution >= 0.6 is 11.6 Å². The molecule has 1 rings (SSSR count). The van der Waals surface area contributed by atoms with Crippen molar-refractivity contribution in [3.63, 3.8) is 0 Å². The molecule has 0 aliphatic carbocycles. The van der Waals surface area contributed by atoms with E-state index >= 15 is 0 Å². The first-order chi connectivity index (χ1) is 6.40. The Balaban J connectivity index is 3.07. The number of aromatic hydroxyl groups is 1. The highest BCUT2D eigenvalue weighted by Gasteiger charge is 2.12. The van der Waals surface area contributed by atoms with Crippen LogP contribution < -0.4 is 0 Å². The van der Waals surface area contributed by atoms with Crippen LogP contribution in [-0.2, 0) is 0 Å². The normalized spacial score (nSPS) is 13.0. The van der Waals surface area contributed by atoms with Gasteiger partial charge in [-0.1, -0.05) is 23.7 Å². The molecule has 0 aromatic heterocycles. The SMILES string of the molecule is CC(C)(O)/C=C(/Cl)c1ccccc1O. The number of para-hydroxylation sites is 1. The predicted molar refractivity (Wildman–Crippen MR) is 58.2 cm³/mol. The zero-order valence-electron chi connectivity index (χ0n) is 8.16. The molecule has 1 aromatic rings. The lowest BCUT2D eigenvalue weighted by molar-refractivity contribution is 0.134. The molecule has 2 N–H and O–H groups in total. The maximum absolute atomic E-state index is 9.50. The van der Waals surface area contributed by atoms with Gasteiger partial charge in [-0.25, -0.2) is 0 Å². The Kier molecular flexibility index (Phi) is 3.19. The molecular weight excluding hydrogens is 200 g/mol. The Morgan fingerprint density at radius 2 is 1.93 bits per heavy atom. The highest BCUT2D eigenvalue weighted by atomic mass is 35.5. The van der Waals surface area contributed by atoms with Gasteiger partial charge in [-0.15, -0.1) is 0 Å². The molecule has 0 heterocycles. The molecule has 0 saturated heterocycles. The van der Waals surface area contributed by atoms with Gasteiger partial charge >= 0.3 is 0 Å². The summed E-state index contributed by atoms with van der Waals surface area (Å²) in [7, 11) is 0. The van der Waals surface area contributed by atoms with Crippen LogP contribution in [0.2, 0.25) is 0 Å². The number of benzene rings is 1. The van der Waals surface area contributed by atoms with Crippen LogP contribution in [0.25, 0.3) is 5.03 Å². The lowest BCUT2D eigenvalue weighted by Crippen LogP contribution is -2.14. The van der Waals surface area contributed by atoms with E-state index in [-0.39, 0.29) is 5.75 Å². The number of hydrogen-bond donors (Lipinski definition) is 2. The Morgan fingerprint density at radius 3 is 2.43 bits per heavy atom. The summed E-state index contributed by atoms with van der Waals surface area (Å²) in [6.07, 6.45) is 1.49. The molecular formula is C11H13ClO2. The van der Waals surface area contributed by atoms with Gasteiger partial charge in [-0.05, 0) is 32.1 Å². The molecule has 1 aromatic carbocycles. The quantitative estimate of drug-likeness (QED) is 0.792. The maximum atomic E-state index is 9.50. The summed E-state index contributed by atoms with van der Waals surface area (Å²) >= 11 is 5.94. The van der Waals surface area contributed by atoms with Crippen molar-refractivity contribution in [3.05, 3.63) is 35.9 Å². The molecule has 2 nitrogen and oxygen atoms in total. The van der Waals surface area contributed by atoms with Gasteiger partial charge in [0.15, 0.2) is 0 Å². The molecule has 0 spiro atoms. The minimum Gasteiger partial charge on any atom is -0.507 e. The van der Waals surface area contributed by atoms with Gasteiger partial charge in [-0.3, -0.25) is 0 Å². The summed E-state index contributed by atoms with van der Waals surface area (Å²) in [5, 5.41) is 19.3. The first-order valence-electron chi connectivity index (χ1n) is 4.29. The van der Waals surface area contributed by atoms with E-state index in [1.165, 1.54) is 6.08 Å². The molecule has 0 amide bonds. The van der Waals surface area contributed by atoms with E-state index in [0.717, 1.165) is 0 Å². The smallest absolute Gasteiger partial charge is 0.124 e. The highest BCUT2D eigenvalue weighted by Crippen LogP contribution is 2.29. The zero-order chi connectivity index (χ0) is 10.8. The summed E-state index contributed by atoms with van der Waals surface area (Å²) in [6.45, 7) is 3.24. The van der Waals surface area contributed by atoms with E-state index in [1.807, 2.05) is 0 Å². The van der Waals surface area contributed by atoms with E-state index in [2.05, 4.69) is 0 Å². The molecule has 0 unspecified atom stereocenters. The molecule has 0 radical (unpaired) electrons. The van der Waals surface area contributed by atoms with Crippen LogP contribution in [0.1, 0.15) is 19.4 Å². The van der Waals surface area contributed by atoms with E-state index in [0.29, 0.717) is 10.6 Å². The van der Waals surface area contributed by atoms with Gasteiger partial charge in [0.1, 0.15) is 5.75 Å². The molecule has 0 atom stereocenters. The predicted octanol–water partition coefficient (Wildman–Crippen LogP) is 2.74. The molecule has 0 aliphatic heterocycles. The molecule has 3 heteroatoms. The van der Waals surface area contributed by atoms with Gasteiger partial charge in [0.25, 0.3) is 0 Å². The fourth-order valence-corrected chi connectivity index (χ4v) is 1.49. The zero-order valence-corrected chi connectivity index (χ0v) is 8.92. The Bertz CT molecular complexity index is 351. The van der Waals surface area contributed by atoms with Crippen LogP contribution in [-0.4, -0.2) is 15.8 Å².